The minimum atomic E-state index is 0.236. The zero-order valence-electron chi connectivity index (χ0n) is 12.1. The van der Waals surface area contributed by atoms with Crippen LogP contribution in [-0.2, 0) is 17.7 Å². The molecule has 1 aliphatic heterocycles. The molecule has 2 N–H and O–H groups in total. The van der Waals surface area contributed by atoms with Gasteiger partial charge in [0.2, 0.25) is 0 Å². The SMILES string of the molecule is COC1CC(NCc2cccc3c2NCC3)C1(C)C. The van der Waals surface area contributed by atoms with Gasteiger partial charge in [-0.1, -0.05) is 32.0 Å². The molecule has 0 radical (unpaired) electrons. The number of anilines is 1. The molecule has 2 atom stereocenters. The van der Waals surface area contributed by atoms with Gasteiger partial charge in [-0.2, -0.15) is 0 Å². The van der Waals surface area contributed by atoms with Gasteiger partial charge in [0.25, 0.3) is 0 Å². The van der Waals surface area contributed by atoms with E-state index in [4.69, 9.17) is 4.74 Å². The van der Waals surface area contributed by atoms with E-state index in [1.165, 1.54) is 16.8 Å². The van der Waals surface area contributed by atoms with Crippen LogP contribution in [0.5, 0.6) is 0 Å². The fourth-order valence-corrected chi connectivity index (χ4v) is 3.42. The second-order valence-electron chi connectivity index (χ2n) is 6.34. The summed E-state index contributed by atoms with van der Waals surface area (Å²) in [6.07, 6.45) is 2.67. The number of nitrogens with one attached hydrogen (secondary N) is 2. The van der Waals surface area contributed by atoms with E-state index in [0.717, 1.165) is 25.9 Å². The third-order valence-corrected chi connectivity index (χ3v) is 4.93. The molecular formula is C16H24N2O. The summed E-state index contributed by atoms with van der Waals surface area (Å²) in [5, 5.41) is 7.20. The van der Waals surface area contributed by atoms with Crippen LogP contribution in [0.2, 0.25) is 0 Å². The van der Waals surface area contributed by atoms with Crippen molar-refractivity contribution in [3.63, 3.8) is 0 Å². The Morgan fingerprint density at radius 1 is 1.42 bits per heavy atom. The van der Waals surface area contributed by atoms with Crippen molar-refractivity contribution in [3.05, 3.63) is 29.3 Å². The second kappa shape index (κ2) is 4.80. The first-order valence-electron chi connectivity index (χ1n) is 7.23. The van der Waals surface area contributed by atoms with Gasteiger partial charge in [0, 0.05) is 37.3 Å². The lowest BCUT2D eigenvalue weighted by Gasteiger charge is -2.51. The molecule has 2 aliphatic rings. The normalized spacial score (nSPS) is 27.5. The molecule has 3 nitrogen and oxygen atoms in total. The third-order valence-electron chi connectivity index (χ3n) is 4.93. The summed E-state index contributed by atoms with van der Waals surface area (Å²) in [4.78, 5) is 0. The number of methoxy groups -OCH3 is 1. The van der Waals surface area contributed by atoms with Gasteiger partial charge >= 0.3 is 0 Å². The lowest BCUT2D eigenvalue weighted by Crippen LogP contribution is -2.60. The average molecular weight is 260 g/mol. The van der Waals surface area contributed by atoms with E-state index < -0.39 is 0 Å². The van der Waals surface area contributed by atoms with Crippen LogP contribution in [0.15, 0.2) is 18.2 Å². The third kappa shape index (κ3) is 2.15. The average Bonchev–Trinajstić information content (AvgIpc) is 2.86. The van der Waals surface area contributed by atoms with Crippen molar-refractivity contribution in [3.8, 4) is 0 Å². The Morgan fingerprint density at radius 2 is 2.26 bits per heavy atom. The maximum absolute atomic E-state index is 5.51. The van der Waals surface area contributed by atoms with E-state index >= 15 is 0 Å². The van der Waals surface area contributed by atoms with Crippen molar-refractivity contribution in [1.29, 1.82) is 0 Å². The van der Waals surface area contributed by atoms with Crippen molar-refractivity contribution >= 4 is 5.69 Å². The predicted octanol–water partition coefficient (Wildman–Crippen LogP) is 2.56. The highest BCUT2D eigenvalue weighted by atomic mass is 16.5. The van der Waals surface area contributed by atoms with E-state index in [0.29, 0.717) is 12.1 Å². The van der Waals surface area contributed by atoms with Crippen LogP contribution in [0.3, 0.4) is 0 Å². The van der Waals surface area contributed by atoms with Crippen LogP contribution in [0, 0.1) is 5.41 Å². The molecule has 1 fully saturated rings. The molecule has 0 saturated heterocycles. The number of fused-ring (bicyclic) bond motifs is 1. The van der Waals surface area contributed by atoms with Crippen LogP contribution < -0.4 is 10.6 Å². The molecular weight excluding hydrogens is 236 g/mol. The fraction of sp³-hybridized carbons (Fsp3) is 0.625. The van der Waals surface area contributed by atoms with Crippen LogP contribution in [0.4, 0.5) is 5.69 Å². The van der Waals surface area contributed by atoms with Gasteiger partial charge in [0.1, 0.15) is 0 Å². The maximum atomic E-state index is 5.51. The van der Waals surface area contributed by atoms with Crippen LogP contribution in [0.25, 0.3) is 0 Å². The molecule has 1 saturated carbocycles. The van der Waals surface area contributed by atoms with E-state index in [1.54, 1.807) is 0 Å². The fourth-order valence-electron chi connectivity index (χ4n) is 3.42. The number of ether oxygens (including phenoxy) is 1. The largest absolute Gasteiger partial charge is 0.384 e. The van der Waals surface area contributed by atoms with Gasteiger partial charge in [-0.3, -0.25) is 0 Å². The highest BCUT2D eigenvalue weighted by Gasteiger charge is 2.48. The topological polar surface area (TPSA) is 33.3 Å². The lowest BCUT2D eigenvalue weighted by molar-refractivity contribution is -0.0978. The molecule has 104 valence electrons. The zero-order chi connectivity index (χ0) is 13.5. The van der Waals surface area contributed by atoms with E-state index in [2.05, 4.69) is 42.7 Å². The number of hydrogen-bond donors (Lipinski definition) is 2. The Morgan fingerprint density at radius 3 is 3.00 bits per heavy atom. The Kier molecular flexibility index (Phi) is 3.27. The van der Waals surface area contributed by atoms with Gasteiger partial charge in [-0.05, 0) is 24.0 Å². The summed E-state index contributed by atoms with van der Waals surface area (Å²) in [7, 11) is 1.82. The Bertz CT molecular complexity index is 470. The first-order valence-corrected chi connectivity index (χ1v) is 7.23. The van der Waals surface area contributed by atoms with Gasteiger partial charge in [0.15, 0.2) is 0 Å². The lowest BCUT2D eigenvalue weighted by atomic mass is 9.64. The molecule has 1 aliphatic carbocycles. The van der Waals surface area contributed by atoms with Crippen molar-refractivity contribution in [2.75, 3.05) is 19.0 Å². The summed E-state index contributed by atoms with van der Waals surface area (Å²) in [6.45, 7) is 6.60. The molecule has 0 spiro atoms. The van der Waals surface area contributed by atoms with Crippen molar-refractivity contribution in [2.45, 2.75) is 45.4 Å². The predicted molar refractivity (Wildman–Crippen MR) is 78.5 cm³/mol. The molecule has 0 amide bonds. The first-order chi connectivity index (χ1) is 9.13. The highest BCUT2D eigenvalue weighted by molar-refractivity contribution is 5.61. The van der Waals surface area contributed by atoms with Crippen molar-refractivity contribution < 1.29 is 4.74 Å². The Labute approximate surface area is 115 Å². The second-order valence-corrected chi connectivity index (χ2v) is 6.34. The maximum Gasteiger partial charge on any atom is 0.0652 e. The van der Waals surface area contributed by atoms with Gasteiger partial charge in [0.05, 0.1) is 6.10 Å². The number of hydrogen-bond acceptors (Lipinski definition) is 3. The molecule has 1 heterocycles. The van der Waals surface area contributed by atoms with Crippen LogP contribution >= 0.6 is 0 Å². The first kappa shape index (κ1) is 12.9. The summed E-state index contributed by atoms with van der Waals surface area (Å²) >= 11 is 0. The minimum absolute atomic E-state index is 0.236. The molecule has 19 heavy (non-hydrogen) atoms. The smallest absolute Gasteiger partial charge is 0.0652 e. The van der Waals surface area contributed by atoms with E-state index in [9.17, 15) is 0 Å². The van der Waals surface area contributed by atoms with Gasteiger partial charge in [-0.25, -0.2) is 0 Å². The van der Waals surface area contributed by atoms with Crippen LogP contribution in [-0.4, -0.2) is 25.8 Å². The number of para-hydroxylation sites is 1. The van der Waals surface area contributed by atoms with Gasteiger partial charge in [-0.15, -0.1) is 0 Å². The van der Waals surface area contributed by atoms with Gasteiger partial charge < -0.3 is 15.4 Å². The molecule has 1 aromatic rings. The summed E-state index contributed by atoms with van der Waals surface area (Å²) in [6, 6.07) is 7.18. The zero-order valence-corrected chi connectivity index (χ0v) is 12.1. The van der Waals surface area contributed by atoms with E-state index in [1.807, 2.05) is 7.11 Å². The van der Waals surface area contributed by atoms with Crippen LogP contribution in [0.1, 0.15) is 31.4 Å². The monoisotopic (exact) mass is 260 g/mol. The molecule has 2 unspecified atom stereocenters. The molecule has 0 bridgehead atoms. The highest BCUT2D eigenvalue weighted by Crippen LogP contribution is 2.42. The number of benzene rings is 1. The molecule has 3 rings (SSSR count). The summed E-state index contributed by atoms with van der Waals surface area (Å²) < 4.78 is 5.51. The molecule has 3 heteroatoms. The summed E-state index contributed by atoms with van der Waals surface area (Å²) in [5.74, 6) is 0. The Balaban J connectivity index is 1.64. The quantitative estimate of drug-likeness (QED) is 0.873. The standard InChI is InChI=1S/C16H24N2O/c1-16(2)13(9-14(16)19-3)18-10-12-6-4-5-11-7-8-17-15(11)12/h4-6,13-14,17-18H,7-10H2,1-3H3. The van der Waals surface area contributed by atoms with Crippen molar-refractivity contribution in [2.24, 2.45) is 5.41 Å². The molecule has 1 aromatic carbocycles. The van der Waals surface area contributed by atoms with Crippen molar-refractivity contribution in [1.82, 2.24) is 5.32 Å². The molecule has 0 aromatic heterocycles. The van der Waals surface area contributed by atoms with E-state index in [-0.39, 0.29) is 5.41 Å². The Hall–Kier alpha value is -1.06. The minimum Gasteiger partial charge on any atom is -0.384 e. The summed E-state index contributed by atoms with van der Waals surface area (Å²) in [5.41, 5.74) is 4.45. The number of rotatable bonds is 4.